The molecule has 0 N–H and O–H groups in total. The van der Waals surface area contributed by atoms with Gasteiger partial charge in [0.1, 0.15) is 5.02 Å². The van der Waals surface area contributed by atoms with Gasteiger partial charge in [0.25, 0.3) is 11.6 Å². The molecule has 190 valence electrons. The predicted octanol–water partition coefficient (Wildman–Crippen LogP) is 5.12. The van der Waals surface area contributed by atoms with Gasteiger partial charge in [-0.2, -0.15) is 0 Å². The first kappa shape index (κ1) is 26.0. The summed E-state index contributed by atoms with van der Waals surface area (Å²) in [6, 6.07) is 19.9. The summed E-state index contributed by atoms with van der Waals surface area (Å²) in [7, 11) is 0. The third-order valence-corrected chi connectivity index (χ3v) is 6.78. The van der Waals surface area contributed by atoms with Gasteiger partial charge in [-0.1, -0.05) is 60.1 Å². The number of benzene rings is 3. The van der Waals surface area contributed by atoms with Gasteiger partial charge < -0.3 is 9.64 Å². The molecule has 1 aliphatic rings. The van der Waals surface area contributed by atoms with Crippen LogP contribution in [0.15, 0.2) is 72.8 Å². The molecule has 1 amide bonds. The van der Waals surface area contributed by atoms with Crippen molar-refractivity contribution in [2.45, 2.75) is 19.3 Å². The van der Waals surface area contributed by atoms with E-state index in [1.54, 1.807) is 17.0 Å². The van der Waals surface area contributed by atoms with Crippen molar-refractivity contribution in [3.8, 4) is 0 Å². The molecule has 0 bridgehead atoms. The molecular weight excluding hydrogens is 496 g/mol. The highest BCUT2D eigenvalue weighted by Crippen LogP contribution is 2.27. The van der Waals surface area contributed by atoms with E-state index < -0.39 is 29.0 Å². The van der Waals surface area contributed by atoms with Gasteiger partial charge in [-0.3, -0.25) is 19.7 Å². The normalized spacial score (nSPS) is 13.7. The molecule has 3 aromatic rings. The maximum atomic E-state index is 13.1. The summed E-state index contributed by atoms with van der Waals surface area (Å²) >= 11 is 5.84. The van der Waals surface area contributed by atoms with E-state index in [1.165, 1.54) is 29.8 Å². The molecule has 9 heteroatoms. The first-order chi connectivity index (χ1) is 17.8. The average Bonchev–Trinajstić information content (AvgIpc) is 2.92. The number of hydrogen-bond acceptors (Lipinski definition) is 6. The largest absolute Gasteiger partial charge is 0.452 e. The van der Waals surface area contributed by atoms with Crippen LogP contribution in [0.4, 0.5) is 5.69 Å². The number of rotatable bonds is 8. The molecule has 0 radical (unpaired) electrons. The molecule has 4 rings (SSSR count). The van der Waals surface area contributed by atoms with Gasteiger partial charge in [0, 0.05) is 30.3 Å². The zero-order valence-corrected chi connectivity index (χ0v) is 20.7. The molecule has 0 spiro atoms. The molecule has 0 aromatic heterocycles. The van der Waals surface area contributed by atoms with Crippen LogP contribution in [0.5, 0.6) is 0 Å². The number of nitrogens with zero attached hydrogens (tertiary/aromatic N) is 2. The van der Waals surface area contributed by atoms with Gasteiger partial charge in [-0.15, -0.1) is 0 Å². The fourth-order valence-electron chi connectivity index (χ4n) is 4.44. The van der Waals surface area contributed by atoms with Gasteiger partial charge >= 0.3 is 5.97 Å². The van der Waals surface area contributed by atoms with E-state index >= 15 is 0 Å². The Hall–Kier alpha value is -4.04. The van der Waals surface area contributed by atoms with E-state index in [0.29, 0.717) is 19.0 Å². The van der Waals surface area contributed by atoms with Gasteiger partial charge in [-0.05, 0) is 48.9 Å². The number of piperidine rings is 1. The minimum atomic E-state index is -0.820. The zero-order valence-electron chi connectivity index (χ0n) is 20.0. The summed E-state index contributed by atoms with van der Waals surface area (Å²) in [5.41, 5.74) is 0.858. The van der Waals surface area contributed by atoms with Crippen LogP contribution in [-0.2, 0) is 16.0 Å². The van der Waals surface area contributed by atoms with E-state index in [2.05, 4.69) is 12.1 Å². The number of ether oxygens (including phenoxy) is 1. The molecule has 37 heavy (non-hydrogen) atoms. The highest BCUT2D eigenvalue weighted by molar-refractivity contribution is 6.33. The topological polar surface area (TPSA) is 107 Å². The number of carbonyl (C=O) groups is 3. The Labute approximate surface area is 219 Å². The Morgan fingerprint density at radius 3 is 2.27 bits per heavy atom. The van der Waals surface area contributed by atoms with Crippen LogP contribution in [0.2, 0.25) is 5.02 Å². The Bertz CT molecular complexity index is 1320. The smallest absolute Gasteiger partial charge is 0.339 e. The second kappa shape index (κ2) is 11.8. The number of amides is 1. The number of halogens is 1. The van der Waals surface area contributed by atoms with Crippen LogP contribution < -0.4 is 0 Å². The summed E-state index contributed by atoms with van der Waals surface area (Å²) in [6.07, 6.45) is 2.72. The van der Waals surface area contributed by atoms with Gasteiger partial charge in [0.15, 0.2) is 12.4 Å². The lowest BCUT2D eigenvalue weighted by molar-refractivity contribution is -0.384. The number of esters is 1. The second-order valence-corrected chi connectivity index (χ2v) is 9.30. The lowest BCUT2D eigenvalue weighted by Crippen LogP contribution is -2.41. The molecule has 1 heterocycles. The number of carbonyl (C=O) groups excluding carboxylic acids is 3. The highest BCUT2D eigenvalue weighted by Gasteiger charge is 2.26. The van der Waals surface area contributed by atoms with E-state index in [1.807, 2.05) is 18.2 Å². The van der Waals surface area contributed by atoms with Crippen molar-refractivity contribution in [1.29, 1.82) is 0 Å². The van der Waals surface area contributed by atoms with Crippen LogP contribution in [0.1, 0.15) is 44.7 Å². The Balaban J connectivity index is 1.36. The predicted molar refractivity (Wildman–Crippen MR) is 138 cm³/mol. The molecule has 3 aromatic carbocycles. The van der Waals surface area contributed by atoms with Crippen molar-refractivity contribution in [2.75, 3.05) is 19.7 Å². The van der Waals surface area contributed by atoms with Crippen LogP contribution in [-0.4, -0.2) is 47.2 Å². The van der Waals surface area contributed by atoms with Crippen LogP contribution in [0.25, 0.3) is 0 Å². The van der Waals surface area contributed by atoms with Crippen LogP contribution in [0.3, 0.4) is 0 Å². The minimum Gasteiger partial charge on any atom is -0.452 e. The standard InChI is InChI=1S/C28H25ClN2O6/c29-24-11-10-21(17-25(24)31(35)36)27(33)22-8-4-5-9-23(22)28(34)37-18-26(32)30-14-12-20(13-15-30)16-19-6-2-1-3-7-19/h1-11,17,20H,12-16,18H2. The monoisotopic (exact) mass is 520 g/mol. The molecule has 1 saturated heterocycles. The quantitative estimate of drug-likeness (QED) is 0.177. The molecule has 0 unspecified atom stereocenters. The van der Waals surface area contributed by atoms with Crippen molar-refractivity contribution >= 4 is 34.9 Å². The highest BCUT2D eigenvalue weighted by atomic mass is 35.5. The number of ketones is 1. The summed E-state index contributed by atoms with van der Waals surface area (Å²) < 4.78 is 5.26. The van der Waals surface area contributed by atoms with Crippen LogP contribution in [0, 0.1) is 16.0 Å². The molecule has 0 aliphatic carbocycles. The molecule has 8 nitrogen and oxygen atoms in total. The minimum absolute atomic E-state index is 0.00537. The molecule has 0 atom stereocenters. The Kier molecular flexibility index (Phi) is 8.30. The lowest BCUT2D eigenvalue weighted by atomic mass is 9.90. The third-order valence-electron chi connectivity index (χ3n) is 6.46. The average molecular weight is 521 g/mol. The first-order valence-electron chi connectivity index (χ1n) is 11.9. The number of nitro benzene ring substituents is 1. The van der Waals surface area contributed by atoms with E-state index in [4.69, 9.17) is 16.3 Å². The lowest BCUT2D eigenvalue weighted by Gasteiger charge is -2.32. The summed E-state index contributed by atoms with van der Waals surface area (Å²) in [5, 5.41) is 11.1. The van der Waals surface area contributed by atoms with E-state index in [0.717, 1.165) is 25.3 Å². The molecule has 1 fully saturated rings. The number of nitro groups is 1. The van der Waals surface area contributed by atoms with Crippen LogP contribution >= 0.6 is 11.6 Å². The maximum Gasteiger partial charge on any atom is 0.339 e. The number of likely N-dealkylation sites (tertiary alicyclic amines) is 1. The van der Waals surface area contributed by atoms with E-state index in [-0.39, 0.29) is 27.6 Å². The van der Waals surface area contributed by atoms with Crippen molar-refractivity contribution in [2.24, 2.45) is 5.92 Å². The van der Waals surface area contributed by atoms with Crippen molar-refractivity contribution < 1.29 is 24.0 Å². The summed E-state index contributed by atoms with van der Waals surface area (Å²) in [6.45, 7) is 0.758. The Morgan fingerprint density at radius 1 is 0.946 bits per heavy atom. The molecule has 0 saturated carbocycles. The SMILES string of the molecule is O=C(OCC(=O)N1CCC(Cc2ccccc2)CC1)c1ccccc1C(=O)c1ccc(Cl)c([N+](=O)[O-])c1. The molecular formula is C28H25ClN2O6. The van der Waals surface area contributed by atoms with Gasteiger partial charge in [0.2, 0.25) is 0 Å². The summed E-state index contributed by atoms with van der Waals surface area (Å²) in [4.78, 5) is 50.7. The zero-order chi connectivity index (χ0) is 26.4. The third kappa shape index (κ3) is 6.40. The van der Waals surface area contributed by atoms with Gasteiger partial charge in [0.05, 0.1) is 10.5 Å². The number of hydrogen-bond donors (Lipinski definition) is 0. The maximum absolute atomic E-state index is 13.1. The second-order valence-electron chi connectivity index (χ2n) is 8.89. The first-order valence-corrected chi connectivity index (χ1v) is 12.3. The van der Waals surface area contributed by atoms with Gasteiger partial charge in [-0.25, -0.2) is 4.79 Å². The fraction of sp³-hybridized carbons (Fsp3) is 0.250. The summed E-state index contributed by atoms with van der Waals surface area (Å²) in [5.74, 6) is -1.21. The molecule has 1 aliphatic heterocycles. The van der Waals surface area contributed by atoms with E-state index in [9.17, 15) is 24.5 Å². The van der Waals surface area contributed by atoms with Crippen molar-refractivity contribution in [1.82, 2.24) is 4.90 Å². The Morgan fingerprint density at radius 2 is 1.59 bits per heavy atom. The van der Waals surface area contributed by atoms with Crippen molar-refractivity contribution in [3.05, 3.63) is 110 Å². The van der Waals surface area contributed by atoms with Crippen molar-refractivity contribution in [3.63, 3.8) is 0 Å². The fourth-order valence-corrected chi connectivity index (χ4v) is 4.63.